The second-order valence-electron chi connectivity index (χ2n) is 6.69. The van der Waals surface area contributed by atoms with Crippen LogP contribution in [0.25, 0.3) is 16.8 Å². The lowest BCUT2D eigenvalue weighted by Crippen LogP contribution is -2.16. The van der Waals surface area contributed by atoms with E-state index in [2.05, 4.69) is 34.3 Å². The molecular formula is C20H20N4O. The van der Waals surface area contributed by atoms with Crippen LogP contribution in [0, 0.1) is 6.92 Å². The lowest BCUT2D eigenvalue weighted by molar-refractivity contribution is -0.119. The fourth-order valence-electron chi connectivity index (χ4n) is 3.37. The van der Waals surface area contributed by atoms with Gasteiger partial charge >= 0.3 is 0 Å². The molecule has 3 aromatic rings. The van der Waals surface area contributed by atoms with Crippen LogP contribution in [-0.2, 0) is 10.2 Å². The maximum Gasteiger partial charge on any atom is 0.223 e. The van der Waals surface area contributed by atoms with Gasteiger partial charge in [0.15, 0.2) is 0 Å². The number of ketones is 1. The Hall–Kier alpha value is -2.95. The first-order valence-corrected chi connectivity index (χ1v) is 8.41. The third-order valence-corrected chi connectivity index (χ3v) is 5.04. The molecular weight excluding hydrogens is 312 g/mol. The number of anilines is 1. The molecule has 0 bridgehead atoms. The molecule has 1 fully saturated rings. The number of carbonyl (C=O) groups is 1. The van der Waals surface area contributed by atoms with Gasteiger partial charge in [0.05, 0.1) is 11.1 Å². The molecule has 1 heterocycles. The van der Waals surface area contributed by atoms with E-state index in [-0.39, 0.29) is 11.2 Å². The van der Waals surface area contributed by atoms with Crippen LogP contribution in [0.3, 0.4) is 0 Å². The van der Waals surface area contributed by atoms with Crippen LogP contribution in [0.1, 0.15) is 31.2 Å². The van der Waals surface area contributed by atoms with Crippen molar-refractivity contribution in [3.05, 3.63) is 59.9 Å². The summed E-state index contributed by atoms with van der Waals surface area (Å²) in [5.74, 6) is 1.30. The topological polar surface area (TPSA) is 73.8 Å². The SMILES string of the molecule is CC(=O)C1(c2ccc(-c3ccc(-n4nc(C)nc4N)cc3)cc2)CC1. The average Bonchev–Trinajstić information content (AvgIpc) is 3.36. The Kier molecular flexibility index (Phi) is 3.46. The van der Waals surface area contributed by atoms with Gasteiger partial charge < -0.3 is 5.73 Å². The second-order valence-corrected chi connectivity index (χ2v) is 6.69. The van der Waals surface area contributed by atoms with Crippen molar-refractivity contribution >= 4 is 11.7 Å². The van der Waals surface area contributed by atoms with Crippen LogP contribution < -0.4 is 5.73 Å². The highest BCUT2D eigenvalue weighted by Crippen LogP contribution is 2.49. The van der Waals surface area contributed by atoms with Crippen LogP contribution in [0.15, 0.2) is 48.5 Å². The summed E-state index contributed by atoms with van der Waals surface area (Å²) >= 11 is 0. The molecule has 0 spiro atoms. The minimum atomic E-state index is -0.217. The Bertz CT molecular complexity index is 935. The highest BCUT2D eigenvalue weighted by atomic mass is 16.1. The molecule has 2 N–H and O–H groups in total. The standard InChI is InChI=1S/C20H20N4O/c1-13(25)20(11-12-20)17-7-3-15(4-8-17)16-5-9-18(10-6-16)24-19(21)22-14(2)23-24/h3-10H,11-12H2,1-2H3,(H2,21,22,23). The zero-order valence-corrected chi connectivity index (χ0v) is 14.4. The quantitative estimate of drug-likeness (QED) is 0.794. The Balaban J connectivity index is 1.60. The molecule has 5 nitrogen and oxygen atoms in total. The number of benzene rings is 2. The highest BCUT2D eigenvalue weighted by Gasteiger charge is 2.48. The normalized spacial score (nSPS) is 15.1. The Labute approximate surface area is 146 Å². The molecule has 0 aliphatic heterocycles. The molecule has 0 unspecified atom stereocenters. The molecule has 0 radical (unpaired) electrons. The van der Waals surface area contributed by atoms with E-state index in [4.69, 9.17) is 5.73 Å². The predicted molar refractivity (Wildman–Crippen MR) is 97.5 cm³/mol. The summed E-state index contributed by atoms with van der Waals surface area (Å²) in [4.78, 5) is 16.0. The molecule has 1 aliphatic carbocycles. The number of hydrogen-bond donors (Lipinski definition) is 1. The van der Waals surface area contributed by atoms with Crippen LogP contribution in [0.4, 0.5) is 5.95 Å². The summed E-state index contributed by atoms with van der Waals surface area (Å²) in [7, 11) is 0. The molecule has 2 aromatic carbocycles. The maximum atomic E-state index is 11.9. The maximum absolute atomic E-state index is 11.9. The minimum absolute atomic E-state index is 0.217. The van der Waals surface area contributed by atoms with E-state index in [1.807, 2.05) is 31.2 Å². The lowest BCUT2D eigenvalue weighted by atomic mass is 9.90. The third kappa shape index (κ3) is 2.61. The molecule has 4 rings (SSSR count). The average molecular weight is 332 g/mol. The van der Waals surface area contributed by atoms with E-state index in [1.54, 1.807) is 11.6 Å². The number of rotatable bonds is 4. The Morgan fingerprint density at radius 3 is 2.04 bits per heavy atom. The van der Waals surface area contributed by atoms with Crippen molar-refractivity contribution in [3.8, 4) is 16.8 Å². The van der Waals surface area contributed by atoms with Crippen molar-refractivity contribution < 1.29 is 4.79 Å². The van der Waals surface area contributed by atoms with Crippen molar-refractivity contribution in [1.29, 1.82) is 0 Å². The van der Waals surface area contributed by atoms with Gasteiger partial charge in [-0.1, -0.05) is 36.4 Å². The number of nitrogen functional groups attached to an aromatic ring is 1. The summed E-state index contributed by atoms with van der Waals surface area (Å²) < 4.78 is 1.63. The van der Waals surface area contributed by atoms with Crippen molar-refractivity contribution in [2.75, 3.05) is 5.73 Å². The predicted octanol–water partition coefficient (Wildman–Crippen LogP) is 3.45. The van der Waals surface area contributed by atoms with Crippen LogP contribution in [0.5, 0.6) is 0 Å². The second kappa shape index (κ2) is 5.55. The molecule has 1 saturated carbocycles. The molecule has 126 valence electrons. The zero-order valence-electron chi connectivity index (χ0n) is 14.4. The molecule has 0 atom stereocenters. The van der Waals surface area contributed by atoms with Gasteiger partial charge in [0.25, 0.3) is 0 Å². The summed E-state index contributed by atoms with van der Waals surface area (Å²) in [6.07, 6.45) is 1.93. The number of hydrogen-bond acceptors (Lipinski definition) is 4. The van der Waals surface area contributed by atoms with Crippen LogP contribution in [-0.4, -0.2) is 20.5 Å². The van der Waals surface area contributed by atoms with E-state index in [0.29, 0.717) is 11.8 Å². The Morgan fingerprint density at radius 1 is 1.04 bits per heavy atom. The summed E-state index contributed by atoms with van der Waals surface area (Å²) in [5.41, 5.74) is 9.90. The van der Waals surface area contributed by atoms with Gasteiger partial charge in [-0.3, -0.25) is 4.79 Å². The highest BCUT2D eigenvalue weighted by molar-refractivity contribution is 5.91. The first-order chi connectivity index (χ1) is 12.0. The third-order valence-electron chi connectivity index (χ3n) is 5.04. The summed E-state index contributed by atoms with van der Waals surface area (Å²) in [5, 5.41) is 4.29. The van der Waals surface area contributed by atoms with Gasteiger partial charge in [-0.15, -0.1) is 5.10 Å². The van der Waals surface area contributed by atoms with Gasteiger partial charge in [0.1, 0.15) is 11.6 Å². The fourth-order valence-corrected chi connectivity index (χ4v) is 3.37. The number of Topliss-reactive ketones (excluding diaryl/α,β-unsaturated/α-hetero) is 1. The molecule has 0 saturated heterocycles. The van der Waals surface area contributed by atoms with Gasteiger partial charge in [-0.2, -0.15) is 9.67 Å². The van der Waals surface area contributed by atoms with Crippen LogP contribution >= 0.6 is 0 Å². The molecule has 1 aliphatic rings. The largest absolute Gasteiger partial charge is 0.368 e. The number of aryl methyl sites for hydroxylation is 1. The molecule has 0 amide bonds. The number of nitrogens with two attached hydrogens (primary N) is 1. The van der Waals surface area contributed by atoms with E-state index in [0.717, 1.165) is 35.2 Å². The molecule has 25 heavy (non-hydrogen) atoms. The van der Waals surface area contributed by atoms with Gasteiger partial charge in [0.2, 0.25) is 5.95 Å². The van der Waals surface area contributed by atoms with Crippen molar-refractivity contribution in [1.82, 2.24) is 14.8 Å². The van der Waals surface area contributed by atoms with Crippen molar-refractivity contribution in [2.24, 2.45) is 0 Å². The number of nitrogens with zero attached hydrogens (tertiary/aromatic N) is 3. The minimum Gasteiger partial charge on any atom is -0.368 e. The van der Waals surface area contributed by atoms with E-state index < -0.39 is 0 Å². The monoisotopic (exact) mass is 332 g/mol. The van der Waals surface area contributed by atoms with E-state index >= 15 is 0 Å². The lowest BCUT2D eigenvalue weighted by Gasteiger charge is -2.12. The van der Waals surface area contributed by atoms with Gasteiger partial charge in [0, 0.05) is 0 Å². The zero-order chi connectivity index (χ0) is 17.6. The first-order valence-electron chi connectivity index (χ1n) is 8.41. The smallest absolute Gasteiger partial charge is 0.223 e. The fraction of sp³-hybridized carbons (Fsp3) is 0.250. The molecule has 5 heteroatoms. The van der Waals surface area contributed by atoms with Crippen molar-refractivity contribution in [3.63, 3.8) is 0 Å². The van der Waals surface area contributed by atoms with Gasteiger partial charge in [-0.05, 0) is 55.5 Å². The molecule has 1 aromatic heterocycles. The van der Waals surface area contributed by atoms with E-state index in [1.165, 1.54) is 0 Å². The Morgan fingerprint density at radius 2 is 1.60 bits per heavy atom. The first kappa shape index (κ1) is 15.6. The number of carbonyl (C=O) groups excluding carboxylic acids is 1. The number of aromatic nitrogens is 3. The van der Waals surface area contributed by atoms with E-state index in [9.17, 15) is 4.79 Å². The van der Waals surface area contributed by atoms with Gasteiger partial charge in [-0.25, -0.2) is 0 Å². The van der Waals surface area contributed by atoms with Crippen molar-refractivity contribution in [2.45, 2.75) is 32.1 Å². The summed E-state index contributed by atoms with van der Waals surface area (Å²) in [6.45, 7) is 3.51. The van der Waals surface area contributed by atoms with Crippen LogP contribution in [0.2, 0.25) is 0 Å². The summed E-state index contributed by atoms with van der Waals surface area (Å²) in [6, 6.07) is 16.4.